The van der Waals surface area contributed by atoms with Crippen molar-refractivity contribution in [2.75, 3.05) is 12.0 Å². The van der Waals surface area contributed by atoms with Crippen LogP contribution in [0.25, 0.3) is 5.69 Å². The monoisotopic (exact) mass is 590 g/mol. The van der Waals surface area contributed by atoms with Crippen molar-refractivity contribution < 1.29 is 19.4 Å². The van der Waals surface area contributed by atoms with Gasteiger partial charge in [0.1, 0.15) is 17.2 Å². The normalized spacial score (nSPS) is 16.2. The Balaban J connectivity index is 1.38. The summed E-state index contributed by atoms with van der Waals surface area (Å²) in [6.07, 6.45) is 1.79. The fourth-order valence-electron chi connectivity index (χ4n) is 5.64. The van der Waals surface area contributed by atoms with Crippen molar-refractivity contribution in [3.05, 3.63) is 131 Å². The fraction of sp³-hybridized carbons (Fsp3) is 0.147. The van der Waals surface area contributed by atoms with E-state index in [1.54, 1.807) is 25.4 Å². The molecule has 1 aliphatic rings. The first-order valence-electron chi connectivity index (χ1n) is 13.8. The first-order chi connectivity index (χ1) is 20.8. The van der Waals surface area contributed by atoms with Gasteiger partial charge in [0.15, 0.2) is 5.11 Å². The van der Waals surface area contributed by atoms with Gasteiger partial charge in [-0.3, -0.25) is 4.98 Å². The van der Waals surface area contributed by atoms with Gasteiger partial charge in [-0.25, -0.2) is 4.79 Å². The van der Waals surface area contributed by atoms with Crippen LogP contribution in [0.5, 0.6) is 17.2 Å². The van der Waals surface area contributed by atoms with Gasteiger partial charge in [0, 0.05) is 29.0 Å². The van der Waals surface area contributed by atoms with Gasteiger partial charge in [0.05, 0.1) is 30.5 Å². The van der Waals surface area contributed by atoms with Crippen LogP contribution in [0.4, 0.5) is 5.69 Å². The molecule has 6 rings (SSSR count). The maximum atomic E-state index is 11.4. The van der Waals surface area contributed by atoms with Gasteiger partial charge in [-0.15, -0.1) is 0 Å². The maximum absolute atomic E-state index is 11.4. The van der Waals surface area contributed by atoms with Crippen molar-refractivity contribution in [3.8, 4) is 22.9 Å². The van der Waals surface area contributed by atoms with Crippen LogP contribution in [0, 0.1) is 13.8 Å². The Bertz CT molecular complexity index is 1770. The summed E-state index contributed by atoms with van der Waals surface area (Å²) >= 11 is 5.93. The number of aryl methyl sites for hydroxylation is 1. The molecule has 216 valence electrons. The zero-order chi connectivity index (χ0) is 30.1. The van der Waals surface area contributed by atoms with Crippen molar-refractivity contribution in [3.63, 3.8) is 0 Å². The highest BCUT2D eigenvalue weighted by molar-refractivity contribution is 7.80. The van der Waals surface area contributed by atoms with Crippen LogP contribution in [-0.4, -0.2) is 32.8 Å². The molecule has 0 amide bonds. The van der Waals surface area contributed by atoms with E-state index in [4.69, 9.17) is 21.7 Å². The van der Waals surface area contributed by atoms with E-state index in [2.05, 4.69) is 32.8 Å². The molecule has 2 atom stereocenters. The van der Waals surface area contributed by atoms with Crippen LogP contribution in [0.2, 0.25) is 0 Å². The number of benzene rings is 3. The summed E-state index contributed by atoms with van der Waals surface area (Å²) in [5, 5.41) is 13.5. The molecule has 3 aromatic carbocycles. The standard InChI is InChI=1S/C34H30N4O4S/c1-21-20-29(22(2)37(21)24-9-7-23(8-10-24)33(39)40)32-31(30-6-4-5-19-35-30)36-34(43)38(32)25-11-13-27(14-12-25)42-28-17-15-26(41-3)16-18-28/h4-20,31-32H,1-3H3,(H,36,43)(H,39,40)/t31-,32-/m1/s1. The summed E-state index contributed by atoms with van der Waals surface area (Å²) in [5.41, 5.74) is 6.07. The lowest BCUT2D eigenvalue weighted by Crippen LogP contribution is -2.29. The zero-order valence-electron chi connectivity index (χ0n) is 23.9. The lowest BCUT2D eigenvalue weighted by atomic mass is 9.96. The van der Waals surface area contributed by atoms with Crippen LogP contribution < -0.4 is 19.7 Å². The number of nitrogens with zero attached hydrogens (tertiary/aromatic N) is 3. The second kappa shape index (κ2) is 11.6. The molecule has 0 radical (unpaired) electrons. The molecule has 2 aromatic heterocycles. The topological polar surface area (TPSA) is 88.9 Å². The number of hydrogen-bond donors (Lipinski definition) is 2. The molecule has 5 aromatic rings. The molecule has 1 aliphatic heterocycles. The second-order valence-corrected chi connectivity index (χ2v) is 10.7. The second-order valence-electron chi connectivity index (χ2n) is 10.3. The smallest absolute Gasteiger partial charge is 0.335 e. The van der Waals surface area contributed by atoms with E-state index in [-0.39, 0.29) is 17.6 Å². The van der Waals surface area contributed by atoms with Crippen molar-refractivity contribution in [1.29, 1.82) is 0 Å². The van der Waals surface area contributed by atoms with Gasteiger partial charge in [0.2, 0.25) is 0 Å². The minimum Gasteiger partial charge on any atom is -0.497 e. The molecule has 1 saturated heterocycles. The van der Waals surface area contributed by atoms with Crippen molar-refractivity contribution in [2.45, 2.75) is 25.9 Å². The van der Waals surface area contributed by atoms with Gasteiger partial charge < -0.3 is 29.4 Å². The number of rotatable bonds is 8. The maximum Gasteiger partial charge on any atom is 0.335 e. The molecule has 0 aliphatic carbocycles. The third-order valence-electron chi connectivity index (χ3n) is 7.67. The first-order valence-corrected chi connectivity index (χ1v) is 14.2. The first kappa shape index (κ1) is 28.0. The van der Waals surface area contributed by atoms with Crippen LogP contribution in [-0.2, 0) is 0 Å². The average molecular weight is 591 g/mol. The number of pyridine rings is 1. The summed E-state index contributed by atoms with van der Waals surface area (Å²) in [5.74, 6) is 1.23. The van der Waals surface area contributed by atoms with Crippen LogP contribution in [0.1, 0.15) is 45.1 Å². The SMILES string of the molecule is COc1ccc(Oc2ccc(N3C(=S)N[C@H](c4ccccn4)[C@H]3c3cc(C)n(-c4ccc(C(=O)O)cc4)c3C)cc2)cc1. The predicted octanol–water partition coefficient (Wildman–Crippen LogP) is 7.17. The molecule has 0 bridgehead atoms. The van der Waals surface area contributed by atoms with Gasteiger partial charge in [0.25, 0.3) is 0 Å². The molecule has 2 N–H and O–H groups in total. The number of carboxylic acids is 1. The van der Waals surface area contributed by atoms with E-state index in [1.165, 1.54) is 0 Å². The number of carbonyl (C=O) groups is 1. The number of ether oxygens (including phenoxy) is 2. The lowest BCUT2D eigenvalue weighted by Gasteiger charge is -2.28. The molecule has 3 heterocycles. The number of anilines is 1. The Morgan fingerprint density at radius 2 is 1.51 bits per heavy atom. The number of nitrogens with one attached hydrogen (secondary N) is 1. The van der Waals surface area contributed by atoms with E-state index in [1.807, 2.05) is 85.8 Å². The summed E-state index contributed by atoms with van der Waals surface area (Å²) in [6, 6.07) is 29.9. The van der Waals surface area contributed by atoms with Crippen LogP contribution >= 0.6 is 12.2 Å². The molecular formula is C34H30N4O4S. The predicted molar refractivity (Wildman–Crippen MR) is 170 cm³/mol. The van der Waals surface area contributed by atoms with E-state index < -0.39 is 5.97 Å². The number of aromatic nitrogens is 2. The summed E-state index contributed by atoms with van der Waals surface area (Å²) in [4.78, 5) is 18.2. The Kier molecular flexibility index (Phi) is 7.56. The van der Waals surface area contributed by atoms with Crippen molar-refractivity contribution in [1.82, 2.24) is 14.9 Å². The van der Waals surface area contributed by atoms with E-state index >= 15 is 0 Å². The quantitative estimate of drug-likeness (QED) is 0.184. The third kappa shape index (κ3) is 5.42. The van der Waals surface area contributed by atoms with Crippen molar-refractivity contribution in [2.24, 2.45) is 0 Å². The molecule has 0 unspecified atom stereocenters. The summed E-state index contributed by atoms with van der Waals surface area (Å²) in [7, 11) is 1.63. The highest BCUT2D eigenvalue weighted by atomic mass is 32.1. The van der Waals surface area contributed by atoms with Gasteiger partial charge >= 0.3 is 5.97 Å². The zero-order valence-corrected chi connectivity index (χ0v) is 24.7. The third-order valence-corrected chi connectivity index (χ3v) is 7.98. The minimum absolute atomic E-state index is 0.200. The number of carboxylic acid groups (broad SMARTS) is 1. The highest BCUT2D eigenvalue weighted by Gasteiger charge is 2.42. The van der Waals surface area contributed by atoms with E-state index in [0.29, 0.717) is 16.6 Å². The van der Waals surface area contributed by atoms with Gasteiger partial charge in [-0.05, 0) is 123 Å². The largest absolute Gasteiger partial charge is 0.497 e. The molecule has 0 saturated carbocycles. The molecular weight excluding hydrogens is 560 g/mol. The number of thiocarbonyl (C=S) groups is 1. The Labute approximate surface area is 255 Å². The molecule has 8 nitrogen and oxygen atoms in total. The van der Waals surface area contributed by atoms with Gasteiger partial charge in [-0.2, -0.15) is 0 Å². The van der Waals surface area contributed by atoms with Crippen molar-refractivity contribution >= 4 is 29.0 Å². The van der Waals surface area contributed by atoms with Crippen LogP contribution in [0.3, 0.4) is 0 Å². The molecule has 9 heteroatoms. The van der Waals surface area contributed by atoms with Crippen LogP contribution in [0.15, 0.2) is 103 Å². The molecule has 0 spiro atoms. The lowest BCUT2D eigenvalue weighted by molar-refractivity contribution is 0.0697. The number of aromatic carboxylic acids is 1. The summed E-state index contributed by atoms with van der Waals surface area (Å²) < 4.78 is 13.4. The van der Waals surface area contributed by atoms with E-state index in [0.717, 1.165) is 39.8 Å². The fourth-order valence-corrected chi connectivity index (χ4v) is 5.99. The minimum atomic E-state index is -0.951. The molecule has 1 fully saturated rings. The Hall–Kier alpha value is -5.15. The molecule has 43 heavy (non-hydrogen) atoms. The highest BCUT2D eigenvalue weighted by Crippen LogP contribution is 2.44. The Morgan fingerprint density at radius 3 is 2.12 bits per heavy atom. The van der Waals surface area contributed by atoms with Gasteiger partial charge in [-0.1, -0.05) is 6.07 Å². The average Bonchev–Trinajstić information content (AvgIpc) is 3.52. The van der Waals surface area contributed by atoms with E-state index in [9.17, 15) is 9.90 Å². The number of hydrogen-bond acceptors (Lipinski definition) is 5. The Morgan fingerprint density at radius 1 is 0.884 bits per heavy atom. The number of methoxy groups -OCH3 is 1. The summed E-state index contributed by atoms with van der Waals surface area (Å²) in [6.45, 7) is 4.13.